The third-order valence-corrected chi connectivity index (χ3v) is 9.29. The summed E-state index contributed by atoms with van der Waals surface area (Å²) in [6.45, 7) is 5.78. The van der Waals surface area contributed by atoms with Crippen LogP contribution in [0.2, 0.25) is 0 Å². The first kappa shape index (κ1) is 38.3. The van der Waals surface area contributed by atoms with Crippen LogP contribution in [-0.4, -0.2) is 34.3 Å². The molecule has 268 valence electrons. The number of carbonyl (C=O) groups excluding carboxylic acids is 2. The van der Waals surface area contributed by atoms with Gasteiger partial charge in [-0.3, -0.25) is 0 Å². The first-order chi connectivity index (χ1) is 25.0. The Kier molecular flexibility index (Phi) is 12.6. The highest BCUT2D eigenvalue weighted by atomic mass is 79.9. The summed E-state index contributed by atoms with van der Waals surface area (Å²) in [6, 6.07) is 25.6. The van der Waals surface area contributed by atoms with E-state index in [-0.39, 0.29) is 36.5 Å². The molecule has 52 heavy (non-hydrogen) atoms. The van der Waals surface area contributed by atoms with Gasteiger partial charge in [0.15, 0.2) is 0 Å². The summed E-state index contributed by atoms with van der Waals surface area (Å²) in [6.07, 6.45) is 0. The van der Waals surface area contributed by atoms with Crippen molar-refractivity contribution in [3.05, 3.63) is 153 Å². The number of aromatic nitrogens is 2. The first-order valence-corrected chi connectivity index (χ1v) is 18.0. The number of halogens is 6. The summed E-state index contributed by atoms with van der Waals surface area (Å²) >= 11 is 6.96. The highest BCUT2D eigenvalue weighted by molar-refractivity contribution is 9.10. The molecule has 0 aliphatic carbocycles. The number of benzene rings is 4. The van der Waals surface area contributed by atoms with E-state index in [0.29, 0.717) is 60.6 Å². The van der Waals surface area contributed by atoms with Crippen LogP contribution in [0.15, 0.2) is 108 Å². The van der Waals surface area contributed by atoms with E-state index < -0.39 is 11.9 Å². The van der Waals surface area contributed by atoms with Crippen molar-refractivity contribution >= 4 is 43.8 Å². The van der Waals surface area contributed by atoms with Gasteiger partial charge in [-0.25, -0.2) is 27.2 Å². The summed E-state index contributed by atoms with van der Waals surface area (Å²) < 4.78 is 67.9. The molecule has 0 aliphatic heterocycles. The van der Waals surface area contributed by atoms with Gasteiger partial charge >= 0.3 is 11.9 Å². The molecule has 6 nitrogen and oxygen atoms in total. The predicted octanol–water partition coefficient (Wildman–Crippen LogP) is 11.2. The molecule has 6 aromatic rings. The topological polar surface area (TPSA) is 62.5 Å². The minimum absolute atomic E-state index is 0.237. The molecular weight excluding hydrogens is 808 g/mol. The van der Waals surface area contributed by atoms with Crippen molar-refractivity contribution in [2.24, 2.45) is 0 Å². The molecule has 0 unspecified atom stereocenters. The van der Waals surface area contributed by atoms with E-state index in [2.05, 4.69) is 31.9 Å². The molecule has 6 rings (SSSR count). The lowest BCUT2D eigenvalue weighted by Crippen LogP contribution is -2.08. The third kappa shape index (κ3) is 8.24. The average Bonchev–Trinajstić information content (AvgIpc) is 3.63. The molecule has 0 amide bonds. The van der Waals surface area contributed by atoms with Crippen LogP contribution in [0, 0.1) is 30.2 Å². The van der Waals surface area contributed by atoms with Crippen molar-refractivity contribution in [3.63, 3.8) is 0 Å². The molecule has 0 spiro atoms. The second kappa shape index (κ2) is 17.1. The Balaban J connectivity index is 0.000000202. The number of carbonyl (C=O) groups is 2. The van der Waals surface area contributed by atoms with Crippen LogP contribution in [-0.2, 0) is 14.8 Å². The Hall–Kier alpha value is -4.94. The fraction of sp³-hybridized carbons (Fsp3) is 0.150. The van der Waals surface area contributed by atoms with E-state index in [0.717, 1.165) is 5.56 Å². The second-order valence-electron chi connectivity index (χ2n) is 11.2. The van der Waals surface area contributed by atoms with Crippen molar-refractivity contribution in [3.8, 4) is 33.9 Å². The number of hydrogen-bond donors (Lipinski definition) is 0. The van der Waals surface area contributed by atoms with Gasteiger partial charge in [0.2, 0.25) is 0 Å². The first-order valence-electron chi connectivity index (χ1n) is 16.1. The van der Waals surface area contributed by atoms with Gasteiger partial charge in [-0.15, -0.1) is 0 Å². The van der Waals surface area contributed by atoms with E-state index in [1.807, 2.05) is 9.13 Å². The largest absolute Gasteiger partial charge is 0.462 e. The standard InChI is InChI=1S/C20H15Br2F2NO2.C20H17F2NO2/c1-2-27-20(26)17-16(11-21)25(15-9-7-14(24)8-10-15)19(18(17)22)12-3-5-13(23)6-4-12;1-3-25-20(24)18-12-19(14-4-6-15(21)7-5-14)23(13(18)2)17-10-8-16(22)9-11-17/h3-10H,2,11H2,1H3;4-12H,3H2,1-2H3. The van der Waals surface area contributed by atoms with Crippen molar-refractivity contribution in [2.75, 3.05) is 13.2 Å². The van der Waals surface area contributed by atoms with Gasteiger partial charge < -0.3 is 18.6 Å². The second-order valence-corrected chi connectivity index (χ2v) is 12.6. The molecular formula is C40H32Br2F4N2O4. The van der Waals surface area contributed by atoms with Crippen LogP contribution < -0.4 is 0 Å². The third-order valence-electron chi connectivity index (χ3n) is 7.99. The SMILES string of the molecule is CCOC(=O)c1c(Br)c(-c2ccc(F)cc2)n(-c2ccc(F)cc2)c1CBr.CCOC(=O)c1cc(-c2ccc(F)cc2)n(-c2ccc(F)cc2)c1C. The minimum atomic E-state index is -0.469. The van der Waals surface area contributed by atoms with E-state index in [1.54, 1.807) is 75.4 Å². The lowest BCUT2D eigenvalue weighted by atomic mass is 10.1. The van der Waals surface area contributed by atoms with Crippen LogP contribution >= 0.6 is 31.9 Å². The van der Waals surface area contributed by atoms with Gasteiger partial charge in [0.25, 0.3) is 0 Å². The quantitative estimate of drug-likeness (QED) is 0.0826. The van der Waals surface area contributed by atoms with E-state index >= 15 is 0 Å². The Labute approximate surface area is 314 Å². The van der Waals surface area contributed by atoms with Gasteiger partial charge in [0.05, 0.1) is 40.2 Å². The van der Waals surface area contributed by atoms with E-state index in [9.17, 15) is 27.2 Å². The zero-order chi connectivity index (χ0) is 37.5. The lowest BCUT2D eigenvalue weighted by molar-refractivity contribution is 0.0515. The van der Waals surface area contributed by atoms with Crippen molar-refractivity contribution in [1.29, 1.82) is 0 Å². The summed E-state index contributed by atoms with van der Waals surface area (Å²) in [5.41, 5.74) is 6.27. The predicted molar refractivity (Wildman–Crippen MR) is 199 cm³/mol. The molecule has 2 aromatic heterocycles. The Bertz CT molecular complexity index is 2180. The van der Waals surface area contributed by atoms with Gasteiger partial charge in [-0.05, 0) is 151 Å². The fourth-order valence-corrected chi connectivity index (χ4v) is 6.97. The lowest BCUT2D eigenvalue weighted by Gasteiger charge is -2.13. The van der Waals surface area contributed by atoms with Gasteiger partial charge in [0, 0.05) is 28.1 Å². The highest BCUT2D eigenvalue weighted by Gasteiger charge is 2.28. The summed E-state index contributed by atoms with van der Waals surface area (Å²) in [5, 5.41) is 0.359. The highest BCUT2D eigenvalue weighted by Crippen LogP contribution is 2.40. The smallest absolute Gasteiger partial charge is 0.341 e. The average molecular weight is 841 g/mol. The van der Waals surface area contributed by atoms with Crippen LogP contribution in [0.4, 0.5) is 17.6 Å². The number of ether oxygens (including phenoxy) is 2. The molecule has 0 bridgehead atoms. The molecule has 0 saturated heterocycles. The van der Waals surface area contributed by atoms with Crippen molar-refractivity contribution in [2.45, 2.75) is 26.1 Å². The van der Waals surface area contributed by atoms with Crippen LogP contribution in [0.5, 0.6) is 0 Å². The zero-order valence-corrected chi connectivity index (χ0v) is 31.4. The number of rotatable bonds is 9. The maximum absolute atomic E-state index is 13.4. The zero-order valence-electron chi connectivity index (χ0n) is 28.2. The maximum atomic E-state index is 13.4. The van der Waals surface area contributed by atoms with E-state index in [1.165, 1.54) is 48.5 Å². The van der Waals surface area contributed by atoms with Crippen LogP contribution in [0.25, 0.3) is 33.9 Å². The molecule has 0 aliphatic rings. The Morgan fingerprint density at radius 1 is 0.635 bits per heavy atom. The summed E-state index contributed by atoms with van der Waals surface area (Å²) in [5.74, 6) is -2.30. The number of nitrogens with zero attached hydrogens (tertiary/aromatic N) is 2. The van der Waals surface area contributed by atoms with Gasteiger partial charge in [-0.2, -0.15) is 0 Å². The minimum Gasteiger partial charge on any atom is -0.462 e. The molecule has 12 heteroatoms. The summed E-state index contributed by atoms with van der Waals surface area (Å²) in [4.78, 5) is 24.8. The van der Waals surface area contributed by atoms with Gasteiger partial charge in [0.1, 0.15) is 23.3 Å². The van der Waals surface area contributed by atoms with Gasteiger partial charge in [-0.1, -0.05) is 15.9 Å². The fourth-order valence-electron chi connectivity index (χ4n) is 5.64. The normalized spacial score (nSPS) is 10.8. The van der Waals surface area contributed by atoms with Crippen LogP contribution in [0.1, 0.15) is 46.0 Å². The Morgan fingerprint density at radius 2 is 1.06 bits per heavy atom. The van der Waals surface area contributed by atoms with Crippen molar-refractivity contribution < 1.29 is 36.6 Å². The molecule has 0 atom stereocenters. The number of esters is 2. The summed E-state index contributed by atoms with van der Waals surface area (Å²) in [7, 11) is 0. The molecule has 0 N–H and O–H groups in total. The monoisotopic (exact) mass is 838 g/mol. The molecule has 2 heterocycles. The van der Waals surface area contributed by atoms with Crippen molar-refractivity contribution in [1.82, 2.24) is 9.13 Å². The molecule has 0 fully saturated rings. The molecule has 0 radical (unpaired) electrons. The maximum Gasteiger partial charge on any atom is 0.341 e. The number of alkyl halides is 1. The van der Waals surface area contributed by atoms with Crippen LogP contribution in [0.3, 0.4) is 0 Å². The Morgan fingerprint density at radius 3 is 1.52 bits per heavy atom. The molecule has 4 aromatic carbocycles. The van der Waals surface area contributed by atoms with E-state index in [4.69, 9.17) is 9.47 Å². The number of hydrogen-bond acceptors (Lipinski definition) is 4. The molecule has 0 saturated carbocycles.